The number of carboxylic acid groups (broad SMARTS) is 1. The van der Waals surface area contributed by atoms with E-state index < -0.39 is 32.3 Å². The third kappa shape index (κ3) is 11.3. The third-order valence-corrected chi connectivity index (χ3v) is 20.0. The number of carbonyl (C=O) groups is 1. The number of benzene rings is 6. The van der Waals surface area contributed by atoms with Crippen molar-refractivity contribution in [2.24, 2.45) is 0 Å². The summed E-state index contributed by atoms with van der Waals surface area (Å²) in [5.74, 6) is -0.349. The highest BCUT2D eigenvalue weighted by atomic mass is 35.5. The molecule has 0 bridgehead atoms. The number of aliphatic hydroxyl groups is 1. The molecule has 2 atom stereocenters. The van der Waals surface area contributed by atoms with E-state index in [-0.39, 0.29) is 41.3 Å². The van der Waals surface area contributed by atoms with Crippen LogP contribution in [-0.2, 0) is 28.7 Å². The van der Waals surface area contributed by atoms with Crippen molar-refractivity contribution in [3.8, 4) is 56.1 Å². The number of fused-ring (bicyclic) bond motifs is 1. The van der Waals surface area contributed by atoms with Gasteiger partial charge in [0.2, 0.25) is 12.0 Å². The monoisotopic (exact) mass is 1070 g/mol. The van der Waals surface area contributed by atoms with Crippen LogP contribution in [-0.4, -0.2) is 75.5 Å². The third-order valence-electron chi connectivity index (χ3n) is 13.4. The molecule has 388 valence electrons. The van der Waals surface area contributed by atoms with Crippen molar-refractivity contribution < 1.29 is 43.1 Å². The second-order valence-corrected chi connectivity index (χ2v) is 25.0. The zero-order valence-electron chi connectivity index (χ0n) is 42.5. The summed E-state index contributed by atoms with van der Waals surface area (Å²) in [7, 11) is -1.34. The molecule has 3 heterocycles. The molecule has 3 aromatic heterocycles. The Morgan fingerprint density at radius 1 is 0.829 bits per heavy atom. The molecule has 12 nitrogen and oxygen atoms in total. The van der Waals surface area contributed by atoms with Gasteiger partial charge in [0, 0.05) is 23.1 Å². The van der Waals surface area contributed by atoms with Crippen molar-refractivity contribution in [3.05, 3.63) is 191 Å². The molecular weight excluding hydrogens is 1020 g/mol. The maximum atomic E-state index is 14.3. The zero-order chi connectivity index (χ0) is 53.6. The Balaban J connectivity index is 1.04. The number of hydrogen-bond donors (Lipinski definition) is 3. The van der Waals surface area contributed by atoms with E-state index in [1.54, 1.807) is 50.6 Å². The van der Waals surface area contributed by atoms with Gasteiger partial charge in [0.25, 0.3) is 8.32 Å². The van der Waals surface area contributed by atoms with Crippen molar-refractivity contribution in [2.75, 3.05) is 13.7 Å². The van der Waals surface area contributed by atoms with Gasteiger partial charge in [-0.1, -0.05) is 136 Å². The number of carboxylic acids is 1. The first kappa shape index (κ1) is 53.3. The maximum absolute atomic E-state index is 14.3. The molecule has 0 fully saturated rings. The molecule has 0 aliphatic rings. The predicted molar refractivity (Wildman–Crippen MR) is 298 cm³/mol. The van der Waals surface area contributed by atoms with Crippen LogP contribution in [0.15, 0.2) is 158 Å². The predicted octanol–water partition coefficient (Wildman–Crippen LogP) is 11.8. The lowest BCUT2D eigenvalue weighted by atomic mass is 9.96. The lowest BCUT2D eigenvalue weighted by Crippen LogP contribution is -2.67. The molecule has 3 N–H and O–H groups in total. The van der Waals surface area contributed by atoms with Gasteiger partial charge in [-0.25, -0.2) is 29.1 Å². The minimum absolute atomic E-state index is 0.00639. The van der Waals surface area contributed by atoms with Crippen LogP contribution in [0.1, 0.15) is 49.6 Å². The number of para-hydroxylation sites is 1. The van der Waals surface area contributed by atoms with E-state index in [1.165, 1.54) is 35.9 Å². The number of aliphatic carboxylic acids is 1. The normalized spacial score (nSPS) is 12.6. The highest BCUT2D eigenvalue weighted by Gasteiger charge is 2.50. The van der Waals surface area contributed by atoms with E-state index >= 15 is 0 Å². The number of aromatic nitrogens is 4. The van der Waals surface area contributed by atoms with E-state index in [9.17, 15) is 24.5 Å². The molecule has 2 unspecified atom stereocenters. The summed E-state index contributed by atoms with van der Waals surface area (Å²) in [6, 6.07) is 44.5. The Bertz CT molecular complexity index is 3450. The van der Waals surface area contributed by atoms with Crippen molar-refractivity contribution in [1.29, 1.82) is 0 Å². The van der Waals surface area contributed by atoms with Crippen molar-refractivity contribution in [2.45, 2.75) is 70.8 Å². The molecule has 9 rings (SSSR count). The molecule has 16 heteroatoms. The Kier molecular flexibility index (Phi) is 16.2. The minimum Gasteiger partial charge on any atom is -0.506 e. The number of aryl methyl sites for hydroxylation is 1. The first-order chi connectivity index (χ1) is 36.6. The smallest absolute Gasteiger partial charge is 0.345 e. The topological polar surface area (TPSA) is 166 Å². The summed E-state index contributed by atoms with van der Waals surface area (Å²) in [6.45, 7) is 8.46. The van der Waals surface area contributed by atoms with E-state index in [0.29, 0.717) is 84.3 Å². The van der Waals surface area contributed by atoms with Crippen LogP contribution >= 0.6 is 22.9 Å². The number of phenolic OH excluding ortho intramolecular Hbond substituents is 1. The van der Waals surface area contributed by atoms with E-state index in [2.05, 4.69) is 60.0 Å². The SMILES string of the molecule is COc1ccccc1-c1nccc(COc2ccc(CCC(O)CO[Si](c3ccccc3)(c3ccccc3)C(C)(C)C)cc2CC(Oc2ncnc3sc(-c4ccc(F)cc4)c(-c4ccc(O)c(Cl)c4C)c23)C(=O)O)n1. The average molecular weight is 1080 g/mol. The number of aromatic hydroxyl groups is 1. The molecular formula is C60H56ClFN4O8SSi. The Hall–Kier alpha value is -7.53. The van der Waals surface area contributed by atoms with Crippen molar-refractivity contribution >= 4 is 57.8 Å². The minimum atomic E-state index is -2.93. The first-order valence-electron chi connectivity index (χ1n) is 24.7. The molecule has 0 saturated heterocycles. The molecule has 0 amide bonds. The number of thiophene rings is 1. The molecule has 6 aromatic carbocycles. The van der Waals surface area contributed by atoms with E-state index in [4.69, 9.17) is 35.2 Å². The molecule has 0 aliphatic carbocycles. The molecule has 0 radical (unpaired) electrons. The van der Waals surface area contributed by atoms with E-state index in [1.807, 2.05) is 72.8 Å². The number of methoxy groups -OCH3 is 1. The number of nitrogens with zero attached hydrogens (tertiary/aromatic N) is 4. The van der Waals surface area contributed by atoms with Crippen molar-refractivity contribution in [3.63, 3.8) is 0 Å². The molecule has 0 spiro atoms. The van der Waals surface area contributed by atoms with Crippen LogP contribution < -0.4 is 24.6 Å². The van der Waals surface area contributed by atoms with Gasteiger partial charge in [0.15, 0.2) is 5.82 Å². The fourth-order valence-corrected chi connectivity index (χ4v) is 15.5. The van der Waals surface area contributed by atoms with Gasteiger partial charge in [-0.3, -0.25) is 0 Å². The van der Waals surface area contributed by atoms with Gasteiger partial charge >= 0.3 is 5.97 Å². The van der Waals surface area contributed by atoms with Gasteiger partial charge in [0.05, 0.1) is 41.5 Å². The first-order valence-corrected chi connectivity index (χ1v) is 27.8. The number of hydrogen-bond acceptors (Lipinski definition) is 12. The molecule has 0 saturated carbocycles. The van der Waals surface area contributed by atoms with Crippen LogP contribution in [0, 0.1) is 12.7 Å². The number of aliphatic hydroxyl groups excluding tert-OH is 1. The molecule has 76 heavy (non-hydrogen) atoms. The second-order valence-electron chi connectivity index (χ2n) is 19.4. The van der Waals surface area contributed by atoms with Crippen molar-refractivity contribution in [1.82, 2.24) is 19.9 Å². The fraction of sp³-hybridized carbons (Fsp3) is 0.217. The maximum Gasteiger partial charge on any atom is 0.345 e. The summed E-state index contributed by atoms with van der Waals surface area (Å²) < 4.78 is 39.9. The Morgan fingerprint density at radius 3 is 2.21 bits per heavy atom. The highest BCUT2D eigenvalue weighted by Crippen LogP contribution is 2.49. The largest absolute Gasteiger partial charge is 0.506 e. The summed E-state index contributed by atoms with van der Waals surface area (Å²) in [5.41, 5.74) is 5.02. The number of rotatable bonds is 20. The van der Waals surface area contributed by atoms with Crippen LogP contribution in [0.2, 0.25) is 10.1 Å². The zero-order valence-corrected chi connectivity index (χ0v) is 45.1. The summed E-state index contributed by atoms with van der Waals surface area (Å²) in [6.07, 6.45) is 1.21. The Labute approximate surface area is 450 Å². The summed E-state index contributed by atoms with van der Waals surface area (Å²) in [5, 5.41) is 35.7. The molecule has 0 aliphatic heterocycles. The van der Waals surface area contributed by atoms with Crippen LogP contribution in [0.4, 0.5) is 4.39 Å². The van der Waals surface area contributed by atoms with Crippen LogP contribution in [0.25, 0.3) is 43.2 Å². The lowest BCUT2D eigenvalue weighted by Gasteiger charge is -2.43. The highest BCUT2D eigenvalue weighted by molar-refractivity contribution is 7.22. The second kappa shape index (κ2) is 23.2. The number of phenols is 1. The van der Waals surface area contributed by atoms with Gasteiger partial charge < -0.3 is 34.0 Å². The van der Waals surface area contributed by atoms with Gasteiger partial charge in [-0.15, -0.1) is 11.3 Å². The summed E-state index contributed by atoms with van der Waals surface area (Å²) >= 11 is 7.92. The van der Waals surface area contributed by atoms with Crippen LogP contribution in [0.3, 0.4) is 0 Å². The van der Waals surface area contributed by atoms with Gasteiger partial charge in [0.1, 0.15) is 40.8 Å². The van der Waals surface area contributed by atoms with Gasteiger partial charge in [-0.05, 0) is 105 Å². The standard InChI is InChI=1S/C60H56ClFN4O8SSi/c1-37-46(27-28-48(68)54(37)61)52-53-57(64-36-65-58(53)75-55(52)39-22-24-41(62)25-23-39)74-51(59(69)70)33-40-32-38(21-29-49(40)72-34-42-30-31-63-56(66-42)47-18-12-13-19-50(47)71-5)20-26-43(67)35-73-76(60(2,3)4,44-14-8-6-9-15-44)45-16-10-7-11-17-45/h6-19,21-25,27-32,36,43,51,67-68H,20,26,33-35H2,1-5H3,(H,69,70). The lowest BCUT2D eigenvalue weighted by molar-refractivity contribution is -0.145. The molecule has 9 aromatic rings. The number of ether oxygens (including phenoxy) is 3. The van der Waals surface area contributed by atoms with E-state index in [0.717, 1.165) is 15.9 Å². The Morgan fingerprint density at radius 2 is 1.53 bits per heavy atom. The van der Waals surface area contributed by atoms with Gasteiger partial charge in [-0.2, -0.15) is 0 Å². The van der Waals surface area contributed by atoms with Crippen LogP contribution in [0.5, 0.6) is 23.1 Å². The fourth-order valence-electron chi connectivity index (χ4n) is 9.59. The average Bonchev–Trinajstić information content (AvgIpc) is 3.89. The summed E-state index contributed by atoms with van der Waals surface area (Å²) in [4.78, 5) is 33.0. The number of halogens is 2. The quantitative estimate of drug-likeness (QED) is 0.0619.